The van der Waals surface area contributed by atoms with Crippen molar-refractivity contribution in [3.63, 3.8) is 0 Å². The largest absolute Gasteiger partial charge is 0.466 e. The Morgan fingerprint density at radius 1 is 0.286 bits per heavy atom. The molecular formula is C99H148N8O40. The van der Waals surface area contributed by atoms with Crippen LogP contribution >= 0.6 is 0 Å². The van der Waals surface area contributed by atoms with E-state index in [1.165, 1.54) is 62.9 Å². The van der Waals surface area contributed by atoms with E-state index in [9.17, 15) is 115 Å². The number of hydrogen-bond acceptors (Lipinski definition) is 40. The molecule has 0 spiro atoms. The number of nitrogens with one attached hydrogen (secondary N) is 8. The van der Waals surface area contributed by atoms with E-state index in [0.29, 0.717) is 18.4 Å². The molecule has 1 aliphatic carbocycles. The molecule has 1 aromatic rings. The molecule has 1 aliphatic rings. The summed E-state index contributed by atoms with van der Waals surface area (Å²) < 4.78 is 73.8. The van der Waals surface area contributed by atoms with Crippen LogP contribution in [0.3, 0.4) is 0 Å². The molecule has 1 saturated carbocycles. The van der Waals surface area contributed by atoms with Gasteiger partial charge in [-0.3, -0.25) is 38.4 Å². The summed E-state index contributed by atoms with van der Waals surface area (Å²) in [7, 11) is 7.26. The number of ether oxygens (including phenoxy) is 16. The maximum Gasteiger partial charge on any atom is 0.331 e. The summed E-state index contributed by atoms with van der Waals surface area (Å²) in [4.78, 5) is 266. The van der Waals surface area contributed by atoms with Crippen molar-refractivity contribution in [2.75, 3.05) is 109 Å². The molecule has 0 radical (unpaired) electrons. The van der Waals surface area contributed by atoms with Crippen molar-refractivity contribution in [1.82, 2.24) is 42.5 Å². The van der Waals surface area contributed by atoms with Gasteiger partial charge in [0.05, 0.1) is 104 Å². The quantitative estimate of drug-likeness (QED) is 0.0255. The van der Waals surface area contributed by atoms with Crippen molar-refractivity contribution in [2.24, 2.45) is 17.3 Å². The molecular weight excluding hydrogens is 1940 g/mol. The van der Waals surface area contributed by atoms with Crippen molar-refractivity contribution in [2.45, 2.75) is 225 Å². The summed E-state index contributed by atoms with van der Waals surface area (Å²) in [5.74, 6) is -11.4. The number of amides is 8. The van der Waals surface area contributed by atoms with Crippen LogP contribution in [0.25, 0.3) is 0 Å². The minimum Gasteiger partial charge on any atom is -0.466 e. The zero-order chi connectivity index (χ0) is 114. The molecule has 8 atom stereocenters. The molecule has 48 heteroatoms. The van der Waals surface area contributed by atoms with Crippen LogP contribution in [-0.2, 0) is 186 Å². The topological polar surface area (TPSA) is 654 Å². The Bertz CT molecular complexity index is 4540. The van der Waals surface area contributed by atoms with E-state index in [0.717, 1.165) is 123 Å². The van der Waals surface area contributed by atoms with Gasteiger partial charge in [-0.15, -0.1) is 0 Å². The van der Waals surface area contributed by atoms with Gasteiger partial charge >= 0.3 is 95.5 Å². The van der Waals surface area contributed by atoms with E-state index >= 15 is 0 Å². The summed E-state index contributed by atoms with van der Waals surface area (Å²) in [6.45, 7) is 33.1. The van der Waals surface area contributed by atoms with Crippen molar-refractivity contribution in [3.05, 3.63) is 133 Å². The number of rotatable bonds is 47. The molecule has 147 heavy (non-hydrogen) atoms. The third-order valence-corrected chi connectivity index (χ3v) is 16.5. The van der Waals surface area contributed by atoms with E-state index in [-0.39, 0.29) is 173 Å². The zero-order valence-corrected chi connectivity index (χ0v) is 88.2. The number of hydrogen-bond donors (Lipinski definition) is 8. The fourth-order valence-electron chi connectivity index (χ4n) is 9.17. The lowest BCUT2D eigenvalue weighted by molar-refractivity contribution is -0.140. The average Bonchev–Trinajstić information content (AvgIpc) is 0.910. The van der Waals surface area contributed by atoms with Crippen LogP contribution in [0, 0.1) is 17.3 Å². The standard InChI is InChI=1S/C15H23NO5.C15H17NO5.C13H21NO5.2C12H19NO5.2C11H17NO5.C10H15NO5/c2*1-11(10-21-14(18)9-8-13(17)20-2)16-15(19)12-6-4-3-5-7-12;1-9(14-12(17)13(2,3)4)8-19-11(16)7-6-10(15)18-5;1-8(2)12(16)13-9(3)7-18-11(15)6-5-10(14)17-4;1-4-10(14)13-9(3)8-18-12(16)7-6-11(15)17-5-2;1-4-9(13)12-8(2)7-17-11(15)6-5-10(14)16-3;1-4-16-10(14)5-6-11(15)17-7-8(2)12-9(3)13;1-7(11-8(2)12)6-16-10(14)5-4-9(13)15-3/h8-9,11-12H,3-7,10H2,1-2H3,(H,16,19);3-9,11H,10H2,1-2H3,(H,16,19);6-7,9H,8H2,1-5H3,(H,14,17);5-6,8-9H,7H2,1-4H3,(H,13,16);6-7,9H,4-5,8H2,1-3H3,(H,13,14);2*5-6,8H,4,7H2,1-3H3,(H,12,13);4-5,7H,6H2,1-3H3,(H,11,12)/b2*9-8+;7-6+;6-5+;7-6+;2*6-5+;5-4+/t2*11-;3*9-;2*8-;7-/m00000000/s1. The van der Waals surface area contributed by atoms with Crippen molar-refractivity contribution < 1.29 is 191 Å². The van der Waals surface area contributed by atoms with Gasteiger partial charge in [-0.2, -0.15) is 0 Å². The second-order valence-corrected chi connectivity index (χ2v) is 31.9. The Morgan fingerprint density at radius 3 is 0.728 bits per heavy atom. The van der Waals surface area contributed by atoms with Gasteiger partial charge in [0.15, 0.2) is 0 Å². The van der Waals surface area contributed by atoms with E-state index in [1.807, 2.05) is 6.07 Å². The third kappa shape index (κ3) is 92.6. The van der Waals surface area contributed by atoms with Gasteiger partial charge in [0.25, 0.3) is 5.91 Å². The number of carbonyl (C=O) groups excluding carboxylic acids is 24. The smallest absolute Gasteiger partial charge is 0.331 e. The highest BCUT2D eigenvalue weighted by Gasteiger charge is 2.25. The second kappa shape index (κ2) is 88.2. The van der Waals surface area contributed by atoms with Gasteiger partial charge in [-0.25, -0.2) is 76.7 Å². The SMILES string of the molecule is CCC(=O)N[C@@H](C)COC(=O)/C=C/C(=O)OC.CCOC(=O)/C=C/C(=O)OC[C@H](C)NC(=O)CC.CCOC(=O)/C=C/C(=O)OC[C@H](C)NC(C)=O.COC(=O)/C=C/C(=O)OC[C@H](C)NC(=O)C(C)(C)C.COC(=O)/C=C/C(=O)OC[C@H](C)NC(=O)C(C)C.COC(=O)/C=C/C(=O)OC[C@H](C)NC(=O)C1CCCCC1.COC(=O)/C=C/C(=O)OC[C@H](C)NC(=O)c1ccccc1.COC(=O)/C=C/C(=O)OC[C@H](C)NC(C)=O. The van der Waals surface area contributed by atoms with Crippen LogP contribution in [0.1, 0.15) is 187 Å². The maximum atomic E-state index is 12.0. The molecule has 0 heterocycles. The molecule has 48 nitrogen and oxygen atoms in total. The van der Waals surface area contributed by atoms with Crippen LogP contribution in [0.2, 0.25) is 0 Å². The molecule has 8 N–H and O–H groups in total. The molecule has 8 amide bonds. The third-order valence-electron chi connectivity index (χ3n) is 16.5. The first-order valence-corrected chi connectivity index (χ1v) is 46.0. The first kappa shape index (κ1) is 142. The van der Waals surface area contributed by atoms with Crippen LogP contribution in [0.4, 0.5) is 0 Å². The highest BCUT2D eigenvalue weighted by Crippen LogP contribution is 2.24. The second-order valence-electron chi connectivity index (χ2n) is 31.9. The molecule has 1 aromatic carbocycles. The molecule has 824 valence electrons. The van der Waals surface area contributed by atoms with Crippen LogP contribution in [0.5, 0.6) is 0 Å². The molecule has 0 unspecified atom stereocenters. The number of methoxy groups -OCH3 is 6. The molecule has 0 bridgehead atoms. The van der Waals surface area contributed by atoms with Gasteiger partial charge < -0.3 is 118 Å². The van der Waals surface area contributed by atoms with Crippen LogP contribution in [-0.4, -0.2) is 300 Å². The molecule has 0 saturated heterocycles. The predicted molar refractivity (Wildman–Crippen MR) is 526 cm³/mol. The Hall–Kier alpha value is -15.6. The summed E-state index contributed by atoms with van der Waals surface area (Å²) in [5, 5.41) is 21.3. The lowest BCUT2D eigenvalue weighted by Crippen LogP contribution is -2.42. The van der Waals surface area contributed by atoms with Crippen LogP contribution in [0.15, 0.2) is 128 Å². The summed E-state index contributed by atoms with van der Waals surface area (Å²) in [6.07, 6.45) is 21.7. The van der Waals surface area contributed by atoms with E-state index < -0.39 is 101 Å². The molecule has 1 fully saturated rings. The lowest BCUT2D eigenvalue weighted by Gasteiger charge is -2.23. The Kier molecular flexibility index (Phi) is 85.2. The minimum absolute atomic E-state index is 0.00290. The summed E-state index contributed by atoms with van der Waals surface area (Å²) >= 11 is 0. The molecule has 0 aliphatic heterocycles. The molecule has 2 rings (SSSR count). The van der Waals surface area contributed by atoms with E-state index in [2.05, 4.69) is 80.4 Å². The zero-order valence-electron chi connectivity index (χ0n) is 88.2. The summed E-state index contributed by atoms with van der Waals surface area (Å²) in [5.41, 5.74) is 0.0320. The van der Waals surface area contributed by atoms with Crippen LogP contribution < -0.4 is 42.5 Å². The van der Waals surface area contributed by atoms with Gasteiger partial charge in [0, 0.05) is 147 Å². The van der Waals surface area contributed by atoms with Gasteiger partial charge in [-0.05, 0) is 94.2 Å². The van der Waals surface area contributed by atoms with Crippen molar-refractivity contribution in [1.29, 1.82) is 0 Å². The Balaban J connectivity index is -0.000000387. The van der Waals surface area contributed by atoms with E-state index in [1.54, 1.807) is 142 Å². The highest BCUT2D eigenvalue weighted by molar-refractivity contribution is 5.97. The maximum absolute atomic E-state index is 12.0. The van der Waals surface area contributed by atoms with Crippen molar-refractivity contribution in [3.8, 4) is 0 Å². The summed E-state index contributed by atoms with van der Waals surface area (Å²) in [6, 6.07) is 6.45. The monoisotopic (exact) mass is 2090 g/mol. The van der Waals surface area contributed by atoms with Gasteiger partial charge in [0.1, 0.15) is 52.9 Å². The Morgan fingerprint density at radius 2 is 0.503 bits per heavy atom. The highest BCUT2D eigenvalue weighted by atomic mass is 16.6. The first-order chi connectivity index (χ1) is 69.0. The first-order valence-electron chi connectivity index (χ1n) is 46.0. The fourth-order valence-corrected chi connectivity index (χ4v) is 9.17. The van der Waals surface area contributed by atoms with Crippen molar-refractivity contribution >= 4 is 143 Å². The van der Waals surface area contributed by atoms with Gasteiger partial charge in [0.2, 0.25) is 41.4 Å². The number of benzene rings is 1. The Labute approximate surface area is 856 Å². The number of carbonyl (C=O) groups is 24. The fraction of sp³-hybridized carbons (Fsp3) is 0.535. The van der Waals surface area contributed by atoms with E-state index in [4.69, 9.17) is 37.9 Å². The predicted octanol–water partition coefficient (Wildman–Crippen LogP) is 4.34. The molecule has 0 aromatic heterocycles. The normalized spacial score (nSPS) is 12.8. The minimum atomic E-state index is -0.679. The van der Waals surface area contributed by atoms with Gasteiger partial charge in [-0.1, -0.05) is 85.9 Å². The average molecular weight is 2090 g/mol. The lowest BCUT2D eigenvalue weighted by atomic mass is 9.88. The number of esters is 16.